The zero-order valence-electron chi connectivity index (χ0n) is 19.4. The van der Waals surface area contributed by atoms with E-state index < -0.39 is 11.6 Å². The van der Waals surface area contributed by atoms with Crippen LogP contribution < -0.4 is 15.6 Å². The first-order valence-electron chi connectivity index (χ1n) is 11.2. The zero-order chi connectivity index (χ0) is 25.1. The van der Waals surface area contributed by atoms with Gasteiger partial charge in [-0.1, -0.05) is 30.3 Å². The van der Waals surface area contributed by atoms with Gasteiger partial charge in [0, 0.05) is 42.7 Å². The molecule has 0 spiro atoms. The maximum absolute atomic E-state index is 14.3. The van der Waals surface area contributed by atoms with Crippen molar-refractivity contribution in [3.8, 4) is 5.75 Å². The number of hydrogen-bond donors (Lipinski definition) is 1. The van der Waals surface area contributed by atoms with Gasteiger partial charge in [0.1, 0.15) is 29.5 Å². The van der Waals surface area contributed by atoms with Crippen molar-refractivity contribution in [3.63, 3.8) is 0 Å². The zero-order valence-corrected chi connectivity index (χ0v) is 19.4. The predicted molar refractivity (Wildman–Crippen MR) is 131 cm³/mol. The van der Waals surface area contributed by atoms with Gasteiger partial charge in [-0.25, -0.2) is 18.7 Å². The SMILES string of the molecule is COc1cc(F)c(CNc2ncnc3nn(Cc4ccc(Cn5ccccc5=O)cc4)cc23)c(F)c1. The first kappa shape index (κ1) is 23.2. The summed E-state index contributed by atoms with van der Waals surface area (Å²) in [6, 6.07) is 15.3. The third-order valence-corrected chi connectivity index (χ3v) is 5.77. The Labute approximate surface area is 204 Å². The van der Waals surface area contributed by atoms with E-state index in [1.165, 1.54) is 19.5 Å². The van der Waals surface area contributed by atoms with Crippen LogP contribution in [0.15, 0.2) is 78.1 Å². The number of benzene rings is 2. The first-order valence-corrected chi connectivity index (χ1v) is 11.2. The average molecular weight is 488 g/mol. The van der Waals surface area contributed by atoms with Gasteiger partial charge in [0.2, 0.25) is 0 Å². The highest BCUT2D eigenvalue weighted by Gasteiger charge is 2.14. The minimum Gasteiger partial charge on any atom is -0.497 e. The smallest absolute Gasteiger partial charge is 0.250 e. The van der Waals surface area contributed by atoms with Gasteiger partial charge in [-0.3, -0.25) is 9.48 Å². The number of rotatable bonds is 8. The molecule has 3 heterocycles. The normalized spacial score (nSPS) is 11.1. The van der Waals surface area contributed by atoms with Gasteiger partial charge in [0.05, 0.1) is 25.6 Å². The Hall–Kier alpha value is -4.60. The molecule has 0 saturated heterocycles. The number of anilines is 1. The van der Waals surface area contributed by atoms with E-state index in [9.17, 15) is 13.6 Å². The molecule has 0 saturated carbocycles. The highest BCUT2D eigenvalue weighted by molar-refractivity contribution is 5.85. The monoisotopic (exact) mass is 488 g/mol. The fourth-order valence-corrected chi connectivity index (χ4v) is 3.87. The number of nitrogens with zero attached hydrogens (tertiary/aromatic N) is 5. The number of nitrogens with one attached hydrogen (secondary N) is 1. The fourth-order valence-electron chi connectivity index (χ4n) is 3.87. The lowest BCUT2D eigenvalue weighted by molar-refractivity contribution is 0.405. The van der Waals surface area contributed by atoms with Crippen molar-refractivity contribution in [3.05, 3.63) is 112 Å². The Morgan fingerprint density at radius 1 is 0.972 bits per heavy atom. The van der Waals surface area contributed by atoms with Crippen LogP contribution in [0.3, 0.4) is 0 Å². The molecule has 3 aromatic heterocycles. The van der Waals surface area contributed by atoms with Gasteiger partial charge >= 0.3 is 0 Å². The topological polar surface area (TPSA) is 86.9 Å². The van der Waals surface area contributed by atoms with E-state index >= 15 is 0 Å². The number of fused-ring (bicyclic) bond motifs is 1. The van der Waals surface area contributed by atoms with Gasteiger partial charge in [0.15, 0.2) is 5.65 Å². The summed E-state index contributed by atoms with van der Waals surface area (Å²) in [4.78, 5) is 20.4. The molecule has 182 valence electrons. The maximum atomic E-state index is 14.3. The number of pyridine rings is 1. The standard InChI is InChI=1S/C26H22F2N6O2/c1-36-19-10-22(27)20(23(28)11-19)12-29-25-21-15-34(32-26(21)31-16-30-25)14-18-7-5-17(6-8-18)13-33-9-3-2-4-24(33)35/h2-11,15-16H,12-14H2,1H3,(H,29,30,31,32). The Morgan fingerprint density at radius 3 is 2.39 bits per heavy atom. The summed E-state index contributed by atoms with van der Waals surface area (Å²) in [7, 11) is 1.35. The Morgan fingerprint density at radius 2 is 1.69 bits per heavy atom. The predicted octanol–water partition coefficient (Wildman–Crippen LogP) is 3.98. The lowest BCUT2D eigenvalue weighted by atomic mass is 10.1. The molecule has 5 rings (SSSR count). The molecule has 0 amide bonds. The molecule has 0 aliphatic heterocycles. The second kappa shape index (κ2) is 9.95. The third kappa shape index (κ3) is 4.92. The van der Waals surface area contributed by atoms with E-state index in [-0.39, 0.29) is 23.4 Å². The van der Waals surface area contributed by atoms with Crippen molar-refractivity contribution in [2.45, 2.75) is 19.6 Å². The fraction of sp³-hybridized carbons (Fsp3) is 0.154. The van der Waals surface area contributed by atoms with Crippen molar-refractivity contribution in [2.75, 3.05) is 12.4 Å². The van der Waals surface area contributed by atoms with Gasteiger partial charge < -0.3 is 14.6 Å². The highest BCUT2D eigenvalue weighted by atomic mass is 19.1. The van der Waals surface area contributed by atoms with Crippen molar-refractivity contribution in [1.29, 1.82) is 0 Å². The van der Waals surface area contributed by atoms with Gasteiger partial charge in [0.25, 0.3) is 5.56 Å². The molecule has 0 bridgehead atoms. The molecule has 5 aromatic rings. The van der Waals surface area contributed by atoms with Crippen LogP contribution in [0, 0.1) is 11.6 Å². The lowest BCUT2D eigenvalue weighted by Gasteiger charge is -2.09. The van der Waals surface area contributed by atoms with Crippen LogP contribution in [0.1, 0.15) is 16.7 Å². The van der Waals surface area contributed by atoms with E-state index in [1.807, 2.05) is 30.3 Å². The molecule has 0 fully saturated rings. The van der Waals surface area contributed by atoms with E-state index in [1.54, 1.807) is 27.7 Å². The Balaban J connectivity index is 1.30. The van der Waals surface area contributed by atoms with Crippen molar-refractivity contribution in [1.82, 2.24) is 24.3 Å². The first-order chi connectivity index (χ1) is 17.5. The van der Waals surface area contributed by atoms with Crippen molar-refractivity contribution in [2.24, 2.45) is 0 Å². The van der Waals surface area contributed by atoms with E-state index in [0.29, 0.717) is 29.9 Å². The summed E-state index contributed by atoms with van der Waals surface area (Å²) in [5.41, 5.74) is 2.31. The Kier molecular flexibility index (Phi) is 6.40. The largest absolute Gasteiger partial charge is 0.497 e. The number of hydrogen-bond acceptors (Lipinski definition) is 6. The van der Waals surface area contributed by atoms with Gasteiger partial charge in [-0.15, -0.1) is 0 Å². The van der Waals surface area contributed by atoms with Crippen LogP contribution in [-0.2, 0) is 19.6 Å². The molecule has 0 atom stereocenters. The summed E-state index contributed by atoms with van der Waals surface area (Å²) in [6.45, 7) is 0.875. The minimum atomic E-state index is -0.707. The number of halogens is 2. The van der Waals surface area contributed by atoms with E-state index in [0.717, 1.165) is 23.3 Å². The number of aromatic nitrogens is 5. The lowest BCUT2D eigenvalue weighted by Crippen LogP contribution is -2.18. The third-order valence-electron chi connectivity index (χ3n) is 5.77. The molecule has 8 nitrogen and oxygen atoms in total. The van der Waals surface area contributed by atoms with Crippen LogP contribution in [0.5, 0.6) is 5.75 Å². The van der Waals surface area contributed by atoms with E-state index in [4.69, 9.17) is 4.74 Å². The summed E-state index contributed by atoms with van der Waals surface area (Å²) in [5, 5.41) is 8.11. The van der Waals surface area contributed by atoms with Crippen LogP contribution in [0.25, 0.3) is 11.0 Å². The molecular formula is C26H22F2N6O2. The molecular weight excluding hydrogens is 466 g/mol. The number of methoxy groups -OCH3 is 1. The molecule has 2 aromatic carbocycles. The highest BCUT2D eigenvalue weighted by Crippen LogP contribution is 2.23. The average Bonchev–Trinajstić information content (AvgIpc) is 3.29. The minimum absolute atomic E-state index is 0.0483. The summed E-state index contributed by atoms with van der Waals surface area (Å²) in [5.74, 6) is -0.882. The second-order valence-corrected chi connectivity index (χ2v) is 8.19. The van der Waals surface area contributed by atoms with Crippen LogP contribution in [-0.4, -0.2) is 31.4 Å². The van der Waals surface area contributed by atoms with Crippen LogP contribution >= 0.6 is 0 Å². The molecule has 0 aliphatic carbocycles. The molecule has 0 unspecified atom stereocenters. The molecule has 0 aliphatic rings. The molecule has 36 heavy (non-hydrogen) atoms. The maximum Gasteiger partial charge on any atom is 0.250 e. The second-order valence-electron chi connectivity index (χ2n) is 8.19. The number of ether oxygens (including phenoxy) is 1. The molecule has 1 N–H and O–H groups in total. The van der Waals surface area contributed by atoms with Gasteiger partial charge in [-0.05, 0) is 17.2 Å². The Bertz CT molecular complexity index is 1560. The van der Waals surface area contributed by atoms with Crippen LogP contribution in [0.4, 0.5) is 14.6 Å². The van der Waals surface area contributed by atoms with Crippen molar-refractivity contribution >= 4 is 16.9 Å². The summed E-state index contributed by atoms with van der Waals surface area (Å²) in [6.07, 6.45) is 4.90. The van der Waals surface area contributed by atoms with Gasteiger partial charge in [-0.2, -0.15) is 5.10 Å². The summed E-state index contributed by atoms with van der Waals surface area (Å²) >= 11 is 0. The summed E-state index contributed by atoms with van der Waals surface area (Å²) < 4.78 is 36.9. The van der Waals surface area contributed by atoms with E-state index in [2.05, 4.69) is 20.4 Å². The molecule has 10 heteroatoms. The van der Waals surface area contributed by atoms with Crippen molar-refractivity contribution < 1.29 is 13.5 Å². The quantitative estimate of drug-likeness (QED) is 0.356. The molecule has 0 radical (unpaired) electrons. The van der Waals surface area contributed by atoms with Crippen LogP contribution in [0.2, 0.25) is 0 Å².